The monoisotopic (exact) mass is 502 g/mol. The van der Waals surface area contributed by atoms with E-state index in [4.69, 9.17) is 20.2 Å². The molecule has 0 radical (unpaired) electrons. The van der Waals surface area contributed by atoms with Gasteiger partial charge in [0.05, 0.1) is 22.6 Å². The summed E-state index contributed by atoms with van der Waals surface area (Å²) in [5.74, 6) is -2.73. The number of piperidine rings is 3. The summed E-state index contributed by atoms with van der Waals surface area (Å²) in [4.78, 5) is 38.7. The van der Waals surface area contributed by atoms with Crippen LogP contribution in [0.1, 0.15) is 24.8 Å². The molecule has 3 N–H and O–H groups in total. The van der Waals surface area contributed by atoms with Gasteiger partial charge in [-0.05, 0) is 56.6 Å². The molecular formula is C23H23FN4O6S. The average molecular weight is 503 g/mol. The van der Waals surface area contributed by atoms with Crippen LogP contribution in [0, 0.1) is 22.6 Å². The Kier molecular flexibility index (Phi) is 8.51. The number of fused-ring (bicyclic) bond motifs is 3. The number of thiazole rings is 1. The average Bonchev–Trinajstić information content (AvgIpc) is 3.31. The predicted molar refractivity (Wildman–Crippen MR) is 124 cm³/mol. The third kappa shape index (κ3) is 7.08. The maximum Gasteiger partial charge on any atom is 0.412 e. The van der Waals surface area contributed by atoms with Crippen molar-refractivity contribution in [2.75, 3.05) is 31.6 Å². The zero-order valence-corrected chi connectivity index (χ0v) is 19.4. The van der Waals surface area contributed by atoms with E-state index in [9.17, 15) is 18.8 Å². The Morgan fingerprint density at radius 3 is 2.40 bits per heavy atom. The number of carboxylic acid groups (broad SMARTS) is 2. The number of aromatic nitrogens is 1. The fourth-order valence-electron chi connectivity index (χ4n) is 3.90. The molecule has 1 aromatic heterocycles. The summed E-state index contributed by atoms with van der Waals surface area (Å²) in [5.41, 5.74) is 2.28. The molecule has 0 spiro atoms. The van der Waals surface area contributed by atoms with Gasteiger partial charge in [0.2, 0.25) is 0 Å². The van der Waals surface area contributed by atoms with Crippen molar-refractivity contribution >= 4 is 35.2 Å². The molecule has 1 aromatic carbocycles. The normalized spacial score (nSPS) is 20.4. The van der Waals surface area contributed by atoms with Crippen LogP contribution in [0.3, 0.4) is 0 Å². The Bertz CT molecular complexity index is 1140. The van der Waals surface area contributed by atoms with E-state index in [1.165, 1.54) is 23.5 Å². The summed E-state index contributed by atoms with van der Waals surface area (Å²) in [6.45, 7) is 3.65. The molecule has 2 aromatic rings. The van der Waals surface area contributed by atoms with Gasteiger partial charge in [-0.25, -0.2) is 23.8 Å². The number of carbonyl (C=O) groups excluding carboxylic acids is 1. The van der Waals surface area contributed by atoms with Gasteiger partial charge in [0.1, 0.15) is 11.9 Å². The standard InChI is InChI=1S/C19H19FN4O2S.C4H4O4/c20-15-2-1-13(9-14(15)10-21)16-17(22-12-27-16)23-18(25)26-11-19-3-6-24(7-4-19)8-5-19;5-3(6)1-2-4(7)8/h1-2,9,12H,3-8,11H2,(H,23,25);1-2H,(H,5,6)(H,7,8)/b;2-1+. The maximum atomic E-state index is 13.5. The number of nitriles is 1. The zero-order chi connectivity index (χ0) is 25.4. The van der Waals surface area contributed by atoms with E-state index in [1.807, 2.05) is 6.07 Å². The number of carbonyl (C=O) groups is 3. The molecule has 2 bridgehead atoms. The molecule has 4 heterocycles. The molecular weight excluding hydrogens is 479 g/mol. The third-order valence-electron chi connectivity index (χ3n) is 5.89. The molecule has 184 valence electrons. The number of rotatable bonds is 6. The second kappa shape index (κ2) is 11.5. The first-order chi connectivity index (χ1) is 16.7. The molecule has 0 unspecified atom stereocenters. The number of hydrogen-bond acceptors (Lipinski definition) is 8. The van der Waals surface area contributed by atoms with Crippen molar-refractivity contribution in [1.29, 1.82) is 5.26 Å². The number of benzene rings is 1. The third-order valence-corrected chi connectivity index (χ3v) is 6.77. The van der Waals surface area contributed by atoms with Gasteiger partial charge in [-0.15, -0.1) is 11.3 Å². The number of ether oxygens (including phenoxy) is 1. The molecule has 5 rings (SSSR count). The van der Waals surface area contributed by atoms with Crippen LogP contribution in [0.5, 0.6) is 0 Å². The number of aliphatic carboxylic acids is 2. The van der Waals surface area contributed by atoms with E-state index in [0.29, 0.717) is 35.0 Å². The lowest BCUT2D eigenvalue weighted by Gasteiger charge is -2.47. The molecule has 3 fully saturated rings. The fraction of sp³-hybridized carbons (Fsp3) is 0.348. The molecule has 0 aliphatic carbocycles. The molecule has 10 nitrogen and oxygen atoms in total. The summed E-state index contributed by atoms with van der Waals surface area (Å²) < 4.78 is 19.1. The van der Waals surface area contributed by atoms with E-state index in [1.54, 1.807) is 11.6 Å². The van der Waals surface area contributed by atoms with Crippen LogP contribution in [-0.2, 0) is 14.3 Å². The van der Waals surface area contributed by atoms with Gasteiger partial charge in [-0.3, -0.25) is 5.32 Å². The highest BCUT2D eigenvalue weighted by molar-refractivity contribution is 7.13. The molecule has 3 aliphatic rings. The predicted octanol–water partition coefficient (Wildman–Crippen LogP) is 3.57. The Labute approximate surface area is 204 Å². The zero-order valence-electron chi connectivity index (χ0n) is 18.6. The number of nitrogens with zero attached hydrogens (tertiary/aromatic N) is 3. The Morgan fingerprint density at radius 2 is 1.83 bits per heavy atom. The Balaban J connectivity index is 0.000000371. The highest BCUT2D eigenvalue weighted by atomic mass is 32.1. The first-order valence-electron chi connectivity index (χ1n) is 10.6. The van der Waals surface area contributed by atoms with Crippen molar-refractivity contribution in [3.05, 3.63) is 47.2 Å². The van der Waals surface area contributed by atoms with Crippen LogP contribution in [0.25, 0.3) is 10.4 Å². The minimum atomic E-state index is -1.26. The van der Waals surface area contributed by atoms with Crippen molar-refractivity contribution in [3.63, 3.8) is 0 Å². The molecule has 3 aliphatic heterocycles. The Hall–Kier alpha value is -3.82. The maximum absolute atomic E-state index is 13.5. The number of nitrogens with one attached hydrogen (secondary N) is 1. The number of carboxylic acids is 2. The smallest absolute Gasteiger partial charge is 0.412 e. The minimum absolute atomic E-state index is 0.0443. The van der Waals surface area contributed by atoms with E-state index < -0.39 is 23.8 Å². The number of hydrogen-bond donors (Lipinski definition) is 3. The first-order valence-corrected chi connectivity index (χ1v) is 11.5. The summed E-state index contributed by atoms with van der Waals surface area (Å²) >= 11 is 1.31. The first kappa shape index (κ1) is 25.8. The topological polar surface area (TPSA) is 153 Å². The van der Waals surface area contributed by atoms with Crippen LogP contribution in [0.15, 0.2) is 35.9 Å². The van der Waals surface area contributed by atoms with E-state index >= 15 is 0 Å². The van der Waals surface area contributed by atoms with Crippen LogP contribution in [0.2, 0.25) is 0 Å². The summed E-state index contributed by atoms with van der Waals surface area (Å²) in [7, 11) is 0. The van der Waals surface area contributed by atoms with Gasteiger partial charge in [0.15, 0.2) is 5.82 Å². The molecule has 35 heavy (non-hydrogen) atoms. The molecule has 3 saturated heterocycles. The van der Waals surface area contributed by atoms with Gasteiger partial charge >= 0.3 is 18.0 Å². The lowest BCUT2D eigenvalue weighted by molar-refractivity contribution is -0.134. The lowest BCUT2D eigenvalue weighted by atomic mass is 9.73. The van der Waals surface area contributed by atoms with Crippen molar-refractivity contribution in [1.82, 2.24) is 9.88 Å². The SMILES string of the molecule is N#Cc1cc(-c2scnc2NC(=O)OCC23CCN(CC2)CC3)ccc1F.O=C(O)/C=C/C(=O)O. The highest BCUT2D eigenvalue weighted by Crippen LogP contribution is 2.40. The van der Waals surface area contributed by atoms with Crippen molar-refractivity contribution in [3.8, 4) is 16.5 Å². The van der Waals surface area contributed by atoms with Gasteiger partial charge in [0.25, 0.3) is 0 Å². The van der Waals surface area contributed by atoms with Gasteiger partial charge in [-0.2, -0.15) is 5.26 Å². The summed E-state index contributed by atoms with van der Waals surface area (Å²) in [6, 6.07) is 6.08. The van der Waals surface area contributed by atoms with Gasteiger partial charge in [0, 0.05) is 17.6 Å². The molecule has 0 saturated carbocycles. The molecule has 12 heteroatoms. The second-order valence-electron chi connectivity index (χ2n) is 8.14. The van der Waals surface area contributed by atoms with Crippen molar-refractivity contribution in [2.45, 2.75) is 19.3 Å². The molecule has 0 atom stereocenters. The lowest BCUT2D eigenvalue weighted by Crippen LogP contribution is -2.50. The van der Waals surface area contributed by atoms with Crippen LogP contribution in [0.4, 0.5) is 15.0 Å². The number of halogens is 1. The second-order valence-corrected chi connectivity index (χ2v) is 8.99. The molecule has 1 amide bonds. The van der Waals surface area contributed by atoms with Crippen LogP contribution in [-0.4, -0.2) is 64.4 Å². The number of amides is 1. The van der Waals surface area contributed by atoms with Crippen LogP contribution < -0.4 is 5.32 Å². The largest absolute Gasteiger partial charge is 0.478 e. The van der Waals surface area contributed by atoms with Crippen molar-refractivity contribution in [2.24, 2.45) is 5.41 Å². The summed E-state index contributed by atoms with van der Waals surface area (Å²) in [5, 5.41) is 27.3. The number of anilines is 1. The summed E-state index contributed by atoms with van der Waals surface area (Å²) in [6.07, 6.45) is 3.77. The van der Waals surface area contributed by atoms with E-state index in [0.717, 1.165) is 38.9 Å². The fourth-order valence-corrected chi connectivity index (χ4v) is 4.64. The minimum Gasteiger partial charge on any atom is -0.478 e. The quantitative estimate of drug-likeness (QED) is 0.503. The van der Waals surface area contributed by atoms with Crippen LogP contribution >= 0.6 is 11.3 Å². The van der Waals surface area contributed by atoms with Gasteiger partial charge in [-0.1, -0.05) is 6.07 Å². The van der Waals surface area contributed by atoms with E-state index in [2.05, 4.69) is 15.2 Å². The van der Waals surface area contributed by atoms with Gasteiger partial charge < -0.3 is 19.8 Å². The van der Waals surface area contributed by atoms with E-state index in [-0.39, 0.29) is 11.0 Å². The van der Waals surface area contributed by atoms with Crippen molar-refractivity contribution < 1.29 is 33.7 Å². The highest BCUT2D eigenvalue weighted by Gasteiger charge is 2.40. The Morgan fingerprint density at radius 1 is 1.20 bits per heavy atom.